The highest BCUT2D eigenvalue weighted by atomic mass is 16.6. The second-order valence-corrected chi connectivity index (χ2v) is 6.18. The van der Waals surface area contributed by atoms with E-state index in [9.17, 15) is 10.1 Å². The van der Waals surface area contributed by atoms with Crippen LogP contribution in [0.25, 0.3) is 0 Å². The van der Waals surface area contributed by atoms with Crippen molar-refractivity contribution in [1.82, 2.24) is 14.9 Å². The van der Waals surface area contributed by atoms with E-state index in [-0.39, 0.29) is 12.1 Å². The molecule has 0 unspecified atom stereocenters. The molecule has 3 rings (SSSR count). The van der Waals surface area contributed by atoms with E-state index in [1.54, 1.807) is 11.0 Å². The molecule has 27 heavy (non-hydrogen) atoms. The molecule has 1 aromatic carbocycles. The zero-order valence-electron chi connectivity index (χ0n) is 15.2. The molecule has 0 saturated carbocycles. The third-order valence-electron chi connectivity index (χ3n) is 4.35. The van der Waals surface area contributed by atoms with Gasteiger partial charge in [0, 0.05) is 25.2 Å². The van der Waals surface area contributed by atoms with Crippen LogP contribution in [0.15, 0.2) is 36.7 Å². The Bertz CT molecular complexity index is 827. The standard InChI is InChI=1S/C19H22N6O2/c1-2-27-19(26)25-9-7-15(8-10-25)23-17-11-18(22-13-21-17)24-16-6-4-3-5-14(16)12-20/h3-6,11,13,15H,2,7-10H2,1H3,(H2,21,22,23,24). The van der Waals surface area contributed by atoms with Crippen LogP contribution in [-0.4, -0.2) is 46.7 Å². The fourth-order valence-electron chi connectivity index (χ4n) is 2.96. The van der Waals surface area contributed by atoms with Crippen LogP contribution in [-0.2, 0) is 4.74 Å². The quantitative estimate of drug-likeness (QED) is 0.838. The normalized spacial score (nSPS) is 14.3. The highest BCUT2D eigenvalue weighted by Crippen LogP contribution is 2.21. The van der Waals surface area contributed by atoms with Crippen molar-refractivity contribution in [1.29, 1.82) is 5.26 Å². The number of hydrogen-bond donors (Lipinski definition) is 2. The molecule has 1 fully saturated rings. The van der Waals surface area contributed by atoms with Crippen molar-refractivity contribution in [2.45, 2.75) is 25.8 Å². The van der Waals surface area contributed by atoms with Crippen LogP contribution in [0, 0.1) is 11.3 Å². The van der Waals surface area contributed by atoms with E-state index >= 15 is 0 Å². The summed E-state index contributed by atoms with van der Waals surface area (Å²) in [5.74, 6) is 1.32. The van der Waals surface area contributed by atoms with Gasteiger partial charge in [-0.25, -0.2) is 14.8 Å². The number of carbonyl (C=O) groups excluding carboxylic acids is 1. The number of anilines is 3. The summed E-state index contributed by atoms with van der Waals surface area (Å²) in [6.45, 7) is 3.51. The molecule has 1 aliphatic heterocycles. The number of benzene rings is 1. The number of rotatable bonds is 5. The Hall–Kier alpha value is -3.34. The lowest BCUT2D eigenvalue weighted by Gasteiger charge is -2.31. The van der Waals surface area contributed by atoms with Crippen LogP contribution in [0.1, 0.15) is 25.3 Å². The third kappa shape index (κ3) is 4.85. The molecule has 2 N–H and O–H groups in total. The maximum Gasteiger partial charge on any atom is 0.409 e. The first-order valence-corrected chi connectivity index (χ1v) is 8.96. The predicted molar refractivity (Wildman–Crippen MR) is 102 cm³/mol. The fraction of sp³-hybridized carbons (Fsp3) is 0.368. The van der Waals surface area contributed by atoms with Crippen LogP contribution >= 0.6 is 0 Å². The summed E-state index contributed by atoms with van der Waals surface area (Å²) in [5.41, 5.74) is 1.25. The summed E-state index contributed by atoms with van der Waals surface area (Å²) >= 11 is 0. The van der Waals surface area contributed by atoms with Gasteiger partial charge in [0.1, 0.15) is 24.0 Å². The lowest BCUT2D eigenvalue weighted by molar-refractivity contribution is 0.0983. The summed E-state index contributed by atoms with van der Waals surface area (Å²) in [5, 5.41) is 15.7. The largest absolute Gasteiger partial charge is 0.450 e. The number of hydrogen-bond acceptors (Lipinski definition) is 7. The fourth-order valence-corrected chi connectivity index (χ4v) is 2.96. The van der Waals surface area contributed by atoms with Gasteiger partial charge < -0.3 is 20.3 Å². The molecule has 1 saturated heterocycles. The van der Waals surface area contributed by atoms with Crippen molar-refractivity contribution in [3.05, 3.63) is 42.2 Å². The van der Waals surface area contributed by atoms with Crippen LogP contribution in [0.3, 0.4) is 0 Å². The smallest absolute Gasteiger partial charge is 0.409 e. The molecule has 0 radical (unpaired) electrons. The molecule has 1 amide bonds. The molecule has 140 valence electrons. The molecule has 0 atom stereocenters. The molecule has 0 aliphatic carbocycles. The Balaban J connectivity index is 1.59. The van der Waals surface area contributed by atoms with Crippen LogP contribution in [0.4, 0.5) is 22.1 Å². The molecule has 8 nitrogen and oxygen atoms in total. The van der Waals surface area contributed by atoms with E-state index in [1.807, 2.05) is 31.2 Å². The third-order valence-corrected chi connectivity index (χ3v) is 4.35. The first-order valence-electron chi connectivity index (χ1n) is 8.96. The SMILES string of the molecule is CCOC(=O)N1CCC(Nc2cc(Nc3ccccc3C#N)ncn2)CC1. The summed E-state index contributed by atoms with van der Waals surface area (Å²) in [6, 6.07) is 11.5. The highest BCUT2D eigenvalue weighted by Gasteiger charge is 2.23. The van der Waals surface area contributed by atoms with Crippen LogP contribution in [0.2, 0.25) is 0 Å². The van der Waals surface area contributed by atoms with Crippen molar-refractivity contribution in [2.24, 2.45) is 0 Å². The maximum absolute atomic E-state index is 11.8. The number of likely N-dealkylation sites (tertiary alicyclic amines) is 1. The van der Waals surface area contributed by atoms with Crippen molar-refractivity contribution >= 4 is 23.4 Å². The molecular formula is C19H22N6O2. The van der Waals surface area contributed by atoms with E-state index in [1.165, 1.54) is 6.33 Å². The maximum atomic E-state index is 11.8. The second-order valence-electron chi connectivity index (χ2n) is 6.18. The number of nitriles is 1. The Morgan fingerprint density at radius 1 is 1.30 bits per heavy atom. The van der Waals surface area contributed by atoms with Crippen molar-refractivity contribution in [3.63, 3.8) is 0 Å². The number of nitrogens with zero attached hydrogens (tertiary/aromatic N) is 4. The summed E-state index contributed by atoms with van der Waals surface area (Å²) in [7, 11) is 0. The molecule has 2 heterocycles. The molecule has 8 heteroatoms. The average Bonchev–Trinajstić information content (AvgIpc) is 2.69. The van der Waals surface area contributed by atoms with Crippen molar-refractivity contribution in [2.75, 3.05) is 30.3 Å². The lowest BCUT2D eigenvalue weighted by atomic mass is 10.1. The van der Waals surface area contributed by atoms with Gasteiger partial charge in [-0.05, 0) is 31.9 Å². The number of ether oxygens (including phenoxy) is 1. The molecule has 1 aliphatic rings. The van der Waals surface area contributed by atoms with Gasteiger partial charge in [0.15, 0.2) is 0 Å². The van der Waals surface area contributed by atoms with Gasteiger partial charge in [-0.15, -0.1) is 0 Å². The Kier molecular flexibility index (Phi) is 6.05. The number of nitrogens with one attached hydrogen (secondary N) is 2. The summed E-state index contributed by atoms with van der Waals surface area (Å²) in [4.78, 5) is 22.0. The van der Waals surface area contributed by atoms with Gasteiger partial charge in [0.05, 0.1) is 17.9 Å². The van der Waals surface area contributed by atoms with E-state index in [2.05, 4.69) is 26.7 Å². The minimum Gasteiger partial charge on any atom is -0.450 e. The minimum atomic E-state index is -0.249. The monoisotopic (exact) mass is 366 g/mol. The van der Waals surface area contributed by atoms with Gasteiger partial charge in [-0.2, -0.15) is 5.26 Å². The average molecular weight is 366 g/mol. The van der Waals surface area contributed by atoms with Crippen molar-refractivity contribution < 1.29 is 9.53 Å². The topological polar surface area (TPSA) is 103 Å². The molecule has 0 spiro atoms. The molecule has 0 bridgehead atoms. The minimum absolute atomic E-state index is 0.227. The Morgan fingerprint density at radius 2 is 2.04 bits per heavy atom. The number of carbonyl (C=O) groups is 1. The van der Waals surface area contributed by atoms with Gasteiger partial charge in [0.2, 0.25) is 0 Å². The molecule has 2 aromatic rings. The van der Waals surface area contributed by atoms with Gasteiger partial charge in [-0.1, -0.05) is 12.1 Å². The first kappa shape index (κ1) is 18.5. The van der Waals surface area contributed by atoms with Crippen molar-refractivity contribution in [3.8, 4) is 6.07 Å². The molecule has 1 aromatic heterocycles. The number of para-hydroxylation sites is 1. The molecular weight excluding hydrogens is 344 g/mol. The van der Waals surface area contributed by atoms with Gasteiger partial charge in [0.25, 0.3) is 0 Å². The Labute approximate surface area is 158 Å². The van der Waals surface area contributed by atoms with Crippen LogP contribution < -0.4 is 10.6 Å². The summed E-state index contributed by atoms with van der Waals surface area (Å²) < 4.78 is 5.04. The number of aromatic nitrogens is 2. The van der Waals surface area contributed by atoms with Crippen LogP contribution in [0.5, 0.6) is 0 Å². The first-order chi connectivity index (χ1) is 13.2. The lowest BCUT2D eigenvalue weighted by Crippen LogP contribution is -2.42. The second kappa shape index (κ2) is 8.85. The van der Waals surface area contributed by atoms with E-state index in [0.717, 1.165) is 12.8 Å². The van der Waals surface area contributed by atoms with E-state index in [0.29, 0.717) is 42.6 Å². The summed E-state index contributed by atoms with van der Waals surface area (Å²) in [6.07, 6.45) is 2.87. The van der Waals surface area contributed by atoms with Gasteiger partial charge >= 0.3 is 6.09 Å². The zero-order valence-corrected chi connectivity index (χ0v) is 15.2. The van der Waals surface area contributed by atoms with E-state index < -0.39 is 0 Å². The van der Waals surface area contributed by atoms with Gasteiger partial charge in [-0.3, -0.25) is 0 Å². The number of amides is 1. The predicted octanol–water partition coefficient (Wildman–Crippen LogP) is 3.12. The Morgan fingerprint density at radius 3 is 2.78 bits per heavy atom. The highest BCUT2D eigenvalue weighted by molar-refractivity contribution is 5.68. The van der Waals surface area contributed by atoms with E-state index in [4.69, 9.17) is 4.74 Å². The number of piperidine rings is 1. The zero-order chi connectivity index (χ0) is 19.1.